The molecule has 2 aliphatic rings. The van der Waals surface area contributed by atoms with E-state index >= 15 is 0 Å². The molecule has 2 heterocycles. The lowest BCUT2D eigenvalue weighted by Crippen LogP contribution is -2.52. The molecule has 1 aromatic carbocycles. The van der Waals surface area contributed by atoms with Crippen molar-refractivity contribution in [1.29, 1.82) is 0 Å². The van der Waals surface area contributed by atoms with Gasteiger partial charge in [-0.25, -0.2) is 9.59 Å². The highest BCUT2D eigenvalue weighted by Crippen LogP contribution is 2.31. The fourth-order valence-corrected chi connectivity index (χ4v) is 5.28. The van der Waals surface area contributed by atoms with Gasteiger partial charge in [-0.3, -0.25) is 18.7 Å². The Kier molecular flexibility index (Phi) is 7.70. The predicted molar refractivity (Wildman–Crippen MR) is 135 cm³/mol. The topological polar surface area (TPSA) is 103 Å². The van der Waals surface area contributed by atoms with Crippen molar-refractivity contribution in [3.05, 3.63) is 39.0 Å². The number of carbonyl (C=O) groups excluding carboxylic acids is 2. The van der Waals surface area contributed by atoms with E-state index in [4.69, 9.17) is 9.47 Å². The van der Waals surface area contributed by atoms with E-state index in [9.17, 15) is 19.2 Å². The molecule has 1 saturated heterocycles. The lowest BCUT2D eigenvalue weighted by atomic mass is 9.81. The number of fused-ring (bicyclic) bond motifs is 1. The first-order valence-corrected chi connectivity index (χ1v) is 12.7. The maximum absolute atomic E-state index is 13.2. The molecule has 0 N–H and O–H groups in total. The number of carbonyl (C=O) groups is 2. The number of piperazine rings is 1. The van der Waals surface area contributed by atoms with Gasteiger partial charge in [0.25, 0.3) is 5.56 Å². The van der Waals surface area contributed by atoms with Crippen molar-refractivity contribution < 1.29 is 19.1 Å². The Labute approximate surface area is 210 Å². The smallest absolute Gasteiger partial charge is 0.410 e. The Hall–Kier alpha value is -3.30. The third-order valence-electron chi connectivity index (χ3n) is 7.38. The van der Waals surface area contributed by atoms with E-state index in [0.29, 0.717) is 49.4 Å². The summed E-state index contributed by atoms with van der Waals surface area (Å²) in [5.74, 6) is 0.804. The van der Waals surface area contributed by atoms with E-state index in [1.165, 1.54) is 9.13 Å². The van der Waals surface area contributed by atoms with Gasteiger partial charge < -0.3 is 19.3 Å². The summed E-state index contributed by atoms with van der Waals surface area (Å²) in [6.07, 6.45) is 2.53. The van der Waals surface area contributed by atoms with Crippen molar-refractivity contribution >= 4 is 22.9 Å². The van der Waals surface area contributed by atoms with Crippen molar-refractivity contribution in [2.75, 3.05) is 33.3 Å². The molecule has 10 nitrogen and oxygen atoms in total. The molecule has 196 valence electrons. The fourth-order valence-electron chi connectivity index (χ4n) is 5.28. The van der Waals surface area contributed by atoms with E-state index in [2.05, 4.69) is 0 Å². The predicted octanol–water partition coefficient (Wildman–Crippen LogP) is 2.20. The minimum Gasteiger partial charge on any atom is -0.497 e. The molecule has 10 heteroatoms. The number of hydrogen-bond acceptors (Lipinski definition) is 6. The highest BCUT2D eigenvalue weighted by atomic mass is 16.6. The number of hydrogen-bond donors (Lipinski definition) is 0. The maximum atomic E-state index is 13.2. The molecular formula is C26H36N4O6. The lowest BCUT2D eigenvalue weighted by molar-refractivity contribution is -0.138. The summed E-state index contributed by atoms with van der Waals surface area (Å²) in [7, 11) is 3.22. The standard InChI is InChI=1S/C26H36N4O6/c1-17(2)36-26(34)29-13-11-28(12-14-29)23(31)19-7-5-18(6-8-19)16-30-24(32)21-15-20(35-4)9-10-22(21)27(3)25(30)33/h9-10,15,17-19H,5-8,11-14,16H2,1-4H3/t18-,19-. The van der Waals surface area contributed by atoms with Crippen molar-refractivity contribution in [3.63, 3.8) is 0 Å². The number of aromatic nitrogens is 2. The molecule has 1 aliphatic heterocycles. The van der Waals surface area contributed by atoms with Crippen LogP contribution in [0.15, 0.2) is 27.8 Å². The molecule has 0 bridgehead atoms. The Bertz CT molecular complexity index is 1230. The molecule has 2 aromatic rings. The van der Waals surface area contributed by atoms with Crippen LogP contribution >= 0.6 is 0 Å². The van der Waals surface area contributed by atoms with Crippen LogP contribution in [0.25, 0.3) is 10.9 Å². The highest BCUT2D eigenvalue weighted by Gasteiger charge is 2.32. The molecule has 0 atom stereocenters. The first-order valence-electron chi connectivity index (χ1n) is 12.7. The molecule has 2 fully saturated rings. The van der Waals surface area contributed by atoms with E-state index < -0.39 is 0 Å². The van der Waals surface area contributed by atoms with Crippen LogP contribution in [0.3, 0.4) is 0 Å². The third-order valence-corrected chi connectivity index (χ3v) is 7.38. The van der Waals surface area contributed by atoms with Gasteiger partial charge in [-0.1, -0.05) is 0 Å². The van der Waals surface area contributed by atoms with Crippen LogP contribution in [-0.4, -0.2) is 70.3 Å². The second kappa shape index (κ2) is 10.8. The van der Waals surface area contributed by atoms with Gasteiger partial charge in [0.1, 0.15) is 5.75 Å². The first-order chi connectivity index (χ1) is 17.2. The summed E-state index contributed by atoms with van der Waals surface area (Å²) in [5.41, 5.74) is -0.0577. The van der Waals surface area contributed by atoms with E-state index in [1.54, 1.807) is 37.3 Å². The van der Waals surface area contributed by atoms with Gasteiger partial charge >= 0.3 is 11.8 Å². The number of benzene rings is 1. The van der Waals surface area contributed by atoms with Gasteiger partial charge in [0.15, 0.2) is 0 Å². The molecule has 2 amide bonds. The van der Waals surface area contributed by atoms with E-state index in [0.717, 1.165) is 25.7 Å². The molecule has 1 saturated carbocycles. The zero-order valence-electron chi connectivity index (χ0n) is 21.6. The second-order valence-corrected chi connectivity index (χ2v) is 10.1. The molecule has 0 radical (unpaired) electrons. The normalized spacial score (nSPS) is 20.6. The number of amides is 2. The van der Waals surface area contributed by atoms with Gasteiger partial charge in [0.05, 0.1) is 24.1 Å². The van der Waals surface area contributed by atoms with Crippen LogP contribution in [0.1, 0.15) is 39.5 Å². The van der Waals surface area contributed by atoms with Crippen LogP contribution in [0.2, 0.25) is 0 Å². The van der Waals surface area contributed by atoms with Crippen LogP contribution in [0.5, 0.6) is 5.75 Å². The average molecular weight is 501 g/mol. The molecule has 4 rings (SSSR count). The third kappa shape index (κ3) is 5.27. The SMILES string of the molecule is COc1ccc2c(c1)c(=O)n(C[C@H]1CC[C@H](C(=O)N3CCN(C(=O)OC(C)C)CC3)CC1)c(=O)n2C. The second-order valence-electron chi connectivity index (χ2n) is 10.1. The molecule has 1 aromatic heterocycles. The van der Waals surface area contributed by atoms with Crippen molar-refractivity contribution in [1.82, 2.24) is 18.9 Å². The minimum atomic E-state index is -0.329. The molecule has 1 aliphatic carbocycles. The number of aryl methyl sites for hydroxylation is 1. The first kappa shape index (κ1) is 25.8. The zero-order valence-corrected chi connectivity index (χ0v) is 21.6. The number of ether oxygens (including phenoxy) is 2. The Balaban J connectivity index is 1.36. The van der Waals surface area contributed by atoms with Crippen LogP contribution in [-0.2, 0) is 23.1 Å². The quantitative estimate of drug-likeness (QED) is 0.624. The monoisotopic (exact) mass is 500 g/mol. The summed E-state index contributed by atoms with van der Waals surface area (Å²) in [6.45, 7) is 5.96. The van der Waals surface area contributed by atoms with Gasteiger partial charge in [-0.2, -0.15) is 0 Å². The van der Waals surface area contributed by atoms with Crippen LogP contribution < -0.4 is 16.0 Å². The Morgan fingerprint density at radius 2 is 1.64 bits per heavy atom. The Morgan fingerprint density at radius 3 is 2.25 bits per heavy atom. The van der Waals surface area contributed by atoms with Crippen LogP contribution in [0, 0.1) is 11.8 Å². The average Bonchev–Trinajstić information content (AvgIpc) is 2.89. The summed E-state index contributed by atoms with van der Waals surface area (Å²) in [6, 6.07) is 5.14. The van der Waals surface area contributed by atoms with E-state index in [1.807, 2.05) is 18.7 Å². The molecule has 0 unspecified atom stereocenters. The Morgan fingerprint density at radius 1 is 1.00 bits per heavy atom. The van der Waals surface area contributed by atoms with Gasteiger partial charge in [-0.05, 0) is 63.6 Å². The molecule has 0 spiro atoms. The number of methoxy groups -OCH3 is 1. The highest BCUT2D eigenvalue weighted by molar-refractivity contribution is 5.80. The van der Waals surface area contributed by atoms with Gasteiger partial charge in [-0.15, -0.1) is 0 Å². The summed E-state index contributed by atoms with van der Waals surface area (Å²) >= 11 is 0. The number of rotatable bonds is 5. The van der Waals surface area contributed by atoms with Crippen molar-refractivity contribution in [3.8, 4) is 5.75 Å². The van der Waals surface area contributed by atoms with Crippen molar-refractivity contribution in [2.24, 2.45) is 18.9 Å². The van der Waals surface area contributed by atoms with Crippen molar-refractivity contribution in [2.45, 2.75) is 52.2 Å². The van der Waals surface area contributed by atoms with Crippen LogP contribution in [0.4, 0.5) is 4.79 Å². The number of nitrogens with zero attached hydrogens (tertiary/aromatic N) is 4. The molecular weight excluding hydrogens is 464 g/mol. The largest absolute Gasteiger partial charge is 0.497 e. The fraction of sp³-hybridized carbons (Fsp3) is 0.615. The van der Waals surface area contributed by atoms with E-state index in [-0.39, 0.29) is 41.2 Å². The molecule has 36 heavy (non-hydrogen) atoms. The summed E-state index contributed by atoms with van der Waals surface area (Å²) in [4.78, 5) is 54.8. The zero-order chi connectivity index (χ0) is 26.0. The summed E-state index contributed by atoms with van der Waals surface area (Å²) in [5, 5.41) is 0.455. The minimum absolute atomic E-state index is 0.0594. The van der Waals surface area contributed by atoms with Gasteiger partial charge in [0.2, 0.25) is 5.91 Å². The summed E-state index contributed by atoms with van der Waals surface area (Å²) < 4.78 is 13.3. The van der Waals surface area contributed by atoms with Gasteiger partial charge in [0, 0.05) is 45.7 Å². The maximum Gasteiger partial charge on any atom is 0.410 e. The lowest BCUT2D eigenvalue weighted by Gasteiger charge is -2.37.